The molecule has 2 rings (SSSR count). The molecule has 0 atom stereocenters. The van der Waals surface area contributed by atoms with E-state index in [9.17, 15) is 9.59 Å². The van der Waals surface area contributed by atoms with E-state index < -0.39 is 0 Å². The number of carbonyl (C=O) groups is 2. The van der Waals surface area contributed by atoms with Gasteiger partial charge in [-0.3, -0.25) is 14.3 Å². The molecule has 1 aliphatic rings. The molecule has 0 radical (unpaired) electrons. The summed E-state index contributed by atoms with van der Waals surface area (Å²) in [6.45, 7) is 0.840. The highest BCUT2D eigenvalue weighted by Gasteiger charge is 2.22. The summed E-state index contributed by atoms with van der Waals surface area (Å²) in [7, 11) is 1.86. The van der Waals surface area contributed by atoms with Crippen LogP contribution in [0.25, 0.3) is 0 Å². The Labute approximate surface area is 93.2 Å². The molecule has 2 heterocycles. The third-order valence-electron chi connectivity index (χ3n) is 2.68. The van der Waals surface area contributed by atoms with Gasteiger partial charge in [-0.1, -0.05) is 0 Å². The standard InChI is InChI=1S/C10H14N4O2/c1-13-8(2-4-12-13)3-5-14-7-9(15)11-6-10(14)16/h2,4H,3,5-7H2,1H3,(H,11,15). The molecule has 1 aliphatic heterocycles. The van der Waals surface area contributed by atoms with Gasteiger partial charge in [-0.25, -0.2) is 0 Å². The van der Waals surface area contributed by atoms with Crippen LogP contribution in [0.3, 0.4) is 0 Å². The summed E-state index contributed by atoms with van der Waals surface area (Å²) in [5.41, 5.74) is 1.05. The van der Waals surface area contributed by atoms with E-state index in [1.165, 1.54) is 0 Å². The Kier molecular flexibility index (Phi) is 2.89. The molecule has 6 nitrogen and oxygen atoms in total. The number of carbonyl (C=O) groups excluding carboxylic acids is 2. The van der Waals surface area contributed by atoms with Crippen LogP contribution in [0, 0.1) is 0 Å². The molecule has 0 unspecified atom stereocenters. The Bertz CT molecular complexity index is 413. The summed E-state index contributed by atoms with van der Waals surface area (Å²) in [4.78, 5) is 24.2. The Balaban J connectivity index is 1.92. The van der Waals surface area contributed by atoms with Gasteiger partial charge in [0.15, 0.2) is 0 Å². The van der Waals surface area contributed by atoms with Gasteiger partial charge in [-0.15, -0.1) is 0 Å². The van der Waals surface area contributed by atoms with Crippen molar-refractivity contribution in [3.05, 3.63) is 18.0 Å². The maximum atomic E-state index is 11.5. The second kappa shape index (κ2) is 4.34. The number of amides is 2. The van der Waals surface area contributed by atoms with Crippen LogP contribution in [-0.4, -0.2) is 46.1 Å². The van der Waals surface area contributed by atoms with Crippen molar-refractivity contribution in [2.45, 2.75) is 6.42 Å². The number of hydrogen-bond donors (Lipinski definition) is 1. The zero-order valence-corrected chi connectivity index (χ0v) is 9.14. The average molecular weight is 222 g/mol. The number of piperazine rings is 1. The van der Waals surface area contributed by atoms with Gasteiger partial charge in [0.2, 0.25) is 11.8 Å². The first-order valence-electron chi connectivity index (χ1n) is 5.18. The molecule has 6 heteroatoms. The Morgan fingerprint density at radius 2 is 2.31 bits per heavy atom. The fourth-order valence-electron chi connectivity index (χ4n) is 1.70. The van der Waals surface area contributed by atoms with Gasteiger partial charge >= 0.3 is 0 Å². The van der Waals surface area contributed by atoms with Crippen molar-refractivity contribution in [2.75, 3.05) is 19.6 Å². The molecule has 0 saturated carbocycles. The molecule has 1 aromatic heterocycles. The highest BCUT2D eigenvalue weighted by molar-refractivity contribution is 5.92. The van der Waals surface area contributed by atoms with Crippen molar-refractivity contribution >= 4 is 11.8 Å². The molecule has 0 spiro atoms. The van der Waals surface area contributed by atoms with Crippen LogP contribution < -0.4 is 5.32 Å². The lowest BCUT2D eigenvalue weighted by atomic mass is 10.2. The lowest BCUT2D eigenvalue weighted by Crippen LogP contribution is -2.52. The predicted molar refractivity (Wildman–Crippen MR) is 56.5 cm³/mol. The Hall–Kier alpha value is -1.85. The quantitative estimate of drug-likeness (QED) is 0.707. The number of hydrogen-bond acceptors (Lipinski definition) is 3. The molecule has 2 amide bonds. The van der Waals surface area contributed by atoms with Crippen LogP contribution in [0.15, 0.2) is 12.3 Å². The van der Waals surface area contributed by atoms with Crippen LogP contribution in [0.2, 0.25) is 0 Å². The lowest BCUT2D eigenvalue weighted by Gasteiger charge is -2.26. The molecule has 1 aromatic rings. The van der Waals surface area contributed by atoms with E-state index in [-0.39, 0.29) is 24.9 Å². The highest BCUT2D eigenvalue weighted by Crippen LogP contribution is 2.02. The van der Waals surface area contributed by atoms with Crippen LogP contribution in [0.4, 0.5) is 0 Å². The summed E-state index contributed by atoms with van der Waals surface area (Å²) in [5.74, 6) is -0.119. The summed E-state index contributed by atoms with van der Waals surface area (Å²) in [5, 5.41) is 6.57. The number of rotatable bonds is 3. The fraction of sp³-hybridized carbons (Fsp3) is 0.500. The Morgan fingerprint density at radius 3 is 3.00 bits per heavy atom. The van der Waals surface area contributed by atoms with Crippen molar-refractivity contribution in [3.63, 3.8) is 0 Å². The number of aromatic nitrogens is 2. The van der Waals surface area contributed by atoms with Crippen molar-refractivity contribution < 1.29 is 9.59 Å². The van der Waals surface area contributed by atoms with Crippen LogP contribution in [0.1, 0.15) is 5.69 Å². The maximum absolute atomic E-state index is 11.5. The van der Waals surface area contributed by atoms with Gasteiger partial charge in [-0.2, -0.15) is 5.10 Å². The van der Waals surface area contributed by atoms with E-state index in [4.69, 9.17) is 0 Å². The topological polar surface area (TPSA) is 67.2 Å². The van der Waals surface area contributed by atoms with Crippen molar-refractivity contribution in [1.82, 2.24) is 20.0 Å². The molecule has 0 bridgehead atoms. The highest BCUT2D eigenvalue weighted by atomic mass is 16.2. The summed E-state index contributed by atoms with van der Waals surface area (Å²) < 4.78 is 1.77. The molecular formula is C10H14N4O2. The third-order valence-corrected chi connectivity index (χ3v) is 2.68. The zero-order valence-electron chi connectivity index (χ0n) is 9.14. The van der Waals surface area contributed by atoms with Crippen LogP contribution in [0.5, 0.6) is 0 Å². The van der Waals surface area contributed by atoms with Crippen molar-refractivity contribution in [2.24, 2.45) is 7.05 Å². The van der Waals surface area contributed by atoms with Gasteiger partial charge < -0.3 is 10.2 Å². The lowest BCUT2D eigenvalue weighted by molar-refractivity contribution is -0.140. The molecule has 16 heavy (non-hydrogen) atoms. The molecular weight excluding hydrogens is 208 g/mol. The maximum Gasteiger partial charge on any atom is 0.242 e. The first-order valence-corrected chi connectivity index (χ1v) is 5.18. The minimum Gasteiger partial charge on any atom is -0.345 e. The predicted octanol–water partition coefficient (Wildman–Crippen LogP) is -1.08. The molecule has 1 fully saturated rings. The van der Waals surface area contributed by atoms with Gasteiger partial charge in [-0.05, 0) is 6.07 Å². The van der Waals surface area contributed by atoms with Gasteiger partial charge in [0.05, 0.1) is 13.1 Å². The fourth-order valence-corrected chi connectivity index (χ4v) is 1.70. The van der Waals surface area contributed by atoms with E-state index in [0.717, 1.165) is 12.1 Å². The minimum absolute atomic E-state index is 0.0261. The number of nitrogens with one attached hydrogen (secondary N) is 1. The van der Waals surface area contributed by atoms with E-state index in [1.54, 1.807) is 15.8 Å². The molecule has 1 saturated heterocycles. The molecule has 0 aromatic carbocycles. The van der Waals surface area contributed by atoms with Crippen molar-refractivity contribution in [3.8, 4) is 0 Å². The van der Waals surface area contributed by atoms with Crippen LogP contribution in [-0.2, 0) is 23.1 Å². The summed E-state index contributed by atoms with van der Waals surface area (Å²) in [6.07, 6.45) is 2.44. The second-order valence-electron chi connectivity index (χ2n) is 3.79. The molecule has 1 N–H and O–H groups in total. The van der Waals surface area contributed by atoms with Crippen molar-refractivity contribution in [1.29, 1.82) is 0 Å². The number of nitrogens with zero attached hydrogens (tertiary/aromatic N) is 3. The minimum atomic E-state index is -0.0930. The molecule has 0 aliphatic carbocycles. The van der Waals surface area contributed by atoms with E-state index in [2.05, 4.69) is 10.4 Å². The van der Waals surface area contributed by atoms with E-state index in [0.29, 0.717) is 6.54 Å². The first-order chi connectivity index (χ1) is 7.66. The monoisotopic (exact) mass is 222 g/mol. The summed E-state index contributed by atoms with van der Waals surface area (Å²) >= 11 is 0. The van der Waals surface area contributed by atoms with Gasteiger partial charge in [0.1, 0.15) is 0 Å². The molecule has 86 valence electrons. The summed E-state index contributed by atoms with van der Waals surface area (Å²) in [6, 6.07) is 1.91. The van der Waals surface area contributed by atoms with Gasteiger partial charge in [0.25, 0.3) is 0 Å². The van der Waals surface area contributed by atoms with E-state index >= 15 is 0 Å². The largest absolute Gasteiger partial charge is 0.345 e. The number of aryl methyl sites for hydroxylation is 1. The average Bonchev–Trinajstić information content (AvgIpc) is 2.66. The SMILES string of the molecule is Cn1nccc1CCN1CC(=O)NCC1=O. The van der Waals surface area contributed by atoms with Crippen LogP contribution >= 0.6 is 0 Å². The van der Waals surface area contributed by atoms with Gasteiger partial charge in [0, 0.05) is 31.9 Å². The first kappa shape index (κ1) is 10.7. The second-order valence-corrected chi connectivity index (χ2v) is 3.79. The smallest absolute Gasteiger partial charge is 0.242 e. The normalized spacial score (nSPS) is 16.4. The third kappa shape index (κ3) is 2.21. The zero-order chi connectivity index (χ0) is 11.5. The van der Waals surface area contributed by atoms with E-state index in [1.807, 2.05) is 13.1 Å². The Morgan fingerprint density at radius 1 is 1.50 bits per heavy atom.